The molecular weight excluding hydrogens is 352 g/mol. The minimum Gasteiger partial charge on any atom is -0.497 e. The predicted octanol–water partition coefficient (Wildman–Crippen LogP) is 2.79. The van der Waals surface area contributed by atoms with Gasteiger partial charge in [0, 0.05) is 36.2 Å². The van der Waals surface area contributed by atoms with Gasteiger partial charge in [-0.15, -0.1) is 11.3 Å². The van der Waals surface area contributed by atoms with Crippen LogP contribution in [0.5, 0.6) is 5.75 Å². The molecule has 134 valence electrons. The van der Waals surface area contributed by atoms with E-state index >= 15 is 0 Å². The summed E-state index contributed by atoms with van der Waals surface area (Å²) in [6.07, 6.45) is 2.43. The number of aromatic nitrogens is 3. The maximum absolute atomic E-state index is 12.0. The van der Waals surface area contributed by atoms with Crippen LogP contribution in [-0.2, 0) is 11.3 Å². The number of thiazole rings is 1. The van der Waals surface area contributed by atoms with E-state index in [4.69, 9.17) is 4.74 Å². The topological polar surface area (TPSA) is 86.1 Å². The Labute approximate surface area is 154 Å². The van der Waals surface area contributed by atoms with E-state index in [1.807, 2.05) is 24.3 Å². The van der Waals surface area contributed by atoms with E-state index < -0.39 is 0 Å². The van der Waals surface area contributed by atoms with Crippen molar-refractivity contribution in [3.63, 3.8) is 0 Å². The summed E-state index contributed by atoms with van der Waals surface area (Å²) in [5.74, 6) is 0.595. The first-order valence-corrected chi connectivity index (χ1v) is 8.95. The molecule has 8 heteroatoms. The first-order valence-electron chi connectivity index (χ1n) is 8.07. The van der Waals surface area contributed by atoms with E-state index in [1.54, 1.807) is 24.8 Å². The Hall–Kier alpha value is -3.00. The number of carbonyl (C=O) groups excluding carboxylic acids is 1. The molecule has 1 N–H and O–H groups in total. The Morgan fingerprint density at radius 2 is 2.19 bits per heavy atom. The molecule has 0 spiro atoms. The fourth-order valence-electron chi connectivity index (χ4n) is 2.40. The Balaban J connectivity index is 1.64. The third-order valence-corrected chi connectivity index (χ3v) is 4.37. The van der Waals surface area contributed by atoms with E-state index in [1.165, 1.54) is 22.1 Å². The summed E-state index contributed by atoms with van der Waals surface area (Å²) in [6, 6.07) is 10.6. The van der Waals surface area contributed by atoms with Crippen molar-refractivity contribution in [1.82, 2.24) is 14.8 Å². The molecule has 2 aromatic heterocycles. The second kappa shape index (κ2) is 8.39. The number of amides is 1. The molecule has 1 aromatic carbocycles. The summed E-state index contributed by atoms with van der Waals surface area (Å²) in [4.78, 5) is 27.9. The third-order valence-electron chi connectivity index (χ3n) is 3.68. The maximum atomic E-state index is 12.0. The molecule has 3 aromatic rings. The molecule has 3 rings (SSSR count). The first-order chi connectivity index (χ1) is 12.7. The molecule has 0 atom stereocenters. The average Bonchev–Trinajstić information content (AvgIpc) is 3.16. The van der Waals surface area contributed by atoms with Gasteiger partial charge >= 0.3 is 0 Å². The van der Waals surface area contributed by atoms with Crippen LogP contribution in [0.3, 0.4) is 0 Å². The van der Waals surface area contributed by atoms with Gasteiger partial charge in [0.05, 0.1) is 12.8 Å². The van der Waals surface area contributed by atoms with E-state index in [0.29, 0.717) is 23.8 Å². The van der Waals surface area contributed by atoms with Gasteiger partial charge in [-0.3, -0.25) is 9.59 Å². The molecule has 26 heavy (non-hydrogen) atoms. The summed E-state index contributed by atoms with van der Waals surface area (Å²) in [5.41, 5.74) is 1.34. The summed E-state index contributed by atoms with van der Waals surface area (Å²) in [6.45, 7) is 0.363. The molecule has 1 amide bonds. The molecule has 0 radical (unpaired) electrons. The number of aryl methyl sites for hydroxylation is 1. The van der Waals surface area contributed by atoms with Gasteiger partial charge < -0.3 is 10.1 Å². The Morgan fingerprint density at radius 3 is 2.96 bits per heavy atom. The average molecular weight is 370 g/mol. The van der Waals surface area contributed by atoms with Gasteiger partial charge in [-0.25, -0.2) is 9.67 Å². The Bertz CT molecular complexity index is 938. The lowest BCUT2D eigenvalue weighted by Crippen LogP contribution is -2.23. The van der Waals surface area contributed by atoms with Crippen LogP contribution in [0.25, 0.3) is 11.3 Å². The van der Waals surface area contributed by atoms with Gasteiger partial charge in [0.15, 0.2) is 5.13 Å². The van der Waals surface area contributed by atoms with Crippen molar-refractivity contribution in [2.24, 2.45) is 0 Å². The van der Waals surface area contributed by atoms with Crippen molar-refractivity contribution in [3.8, 4) is 17.0 Å². The number of carbonyl (C=O) groups is 1. The van der Waals surface area contributed by atoms with Gasteiger partial charge in [0.1, 0.15) is 5.75 Å². The van der Waals surface area contributed by atoms with Crippen molar-refractivity contribution < 1.29 is 9.53 Å². The zero-order valence-electron chi connectivity index (χ0n) is 14.2. The van der Waals surface area contributed by atoms with Crippen LogP contribution >= 0.6 is 11.3 Å². The number of rotatable bonds is 7. The van der Waals surface area contributed by atoms with Crippen LogP contribution in [0.4, 0.5) is 5.13 Å². The van der Waals surface area contributed by atoms with Crippen LogP contribution < -0.4 is 15.6 Å². The van der Waals surface area contributed by atoms with Crippen LogP contribution in [-0.4, -0.2) is 27.8 Å². The highest BCUT2D eigenvalue weighted by atomic mass is 32.1. The van der Waals surface area contributed by atoms with E-state index in [9.17, 15) is 9.59 Å². The van der Waals surface area contributed by atoms with Crippen LogP contribution in [0.1, 0.15) is 12.8 Å². The summed E-state index contributed by atoms with van der Waals surface area (Å²) in [5, 5.41) is 9.49. The molecule has 0 aliphatic carbocycles. The predicted molar refractivity (Wildman–Crippen MR) is 100 cm³/mol. The van der Waals surface area contributed by atoms with Gasteiger partial charge in [-0.1, -0.05) is 12.1 Å². The molecule has 0 saturated carbocycles. The number of benzene rings is 1. The highest BCUT2D eigenvalue weighted by Gasteiger charge is 2.07. The summed E-state index contributed by atoms with van der Waals surface area (Å²) < 4.78 is 6.60. The van der Waals surface area contributed by atoms with Crippen LogP contribution in [0.15, 0.2) is 52.8 Å². The largest absolute Gasteiger partial charge is 0.497 e. The van der Waals surface area contributed by atoms with E-state index in [2.05, 4.69) is 15.4 Å². The molecule has 0 bridgehead atoms. The number of nitrogens with one attached hydrogen (secondary N) is 1. The molecule has 0 fully saturated rings. The van der Waals surface area contributed by atoms with Gasteiger partial charge in [0.25, 0.3) is 5.56 Å². The molecule has 0 unspecified atom stereocenters. The normalized spacial score (nSPS) is 10.5. The molecule has 2 heterocycles. The number of hydrogen-bond donors (Lipinski definition) is 1. The lowest BCUT2D eigenvalue weighted by molar-refractivity contribution is -0.116. The molecule has 0 saturated heterocycles. The van der Waals surface area contributed by atoms with Crippen molar-refractivity contribution in [2.75, 3.05) is 12.4 Å². The SMILES string of the molecule is COc1cccc(-c2ccc(=O)n(CCCC(=O)Nc3nccs3)n2)c1. The molecular formula is C18H18N4O3S. The maximum Gasteiger partial charge on any atom is 0.266 e. The number of ether oxygens (including phenoxy) is 1. The van der Waals surface area contributed by atoms with Gasteiger partial charge in [-0.2, -0.15) is 5.10 Å². The number of anilines is 1. The Morgan fingerprint density at radius 1 is 1.31 bits per heavy atom. The van der Waals surface area contributed by atoms with Crippen molar-refractivity contribution in [1.29, 1.82) is 0 Å². The van der Waals surface area contributed by atoms with Crippen LogP contribution in [0, 0.1) is 0 Å². The highest BCUT2D eigenvalue weighted by Crippen LogP contribution is 2.21. The minimum atomic E-state index is -0.197. The van der Waals surface area contributed by atoms with Crippen LogP contribution in [0.2, 0.25) is 0 Å². The second-order valence-electron chi connectivity index (χ2n) is 5.50. The molecule has 0 aliphatic heterocycles. The lowest BCUT2D eigenvalue weighted by Gasteiger charge is -2.08. The minimum absolute atomic E-state index is 0.128. The zero-order valence-corrected chi connectivity index (χ0v) is 15.0. The molecule has 7 nitrogen and oxygen atoms in total. The first kappa shape index (κ1) is 17.8. The zero-order chi connectivity index (χ0) is 18.4. The number of nitrogens with zero attached hydrogens (tertiary/aromatic N) is 3. The van der Waals surface area contributed by atoms with Crippen molar-refractivity contribution in [2.45, 2.75) is 19.4 Å². The van der Waals surface area contributed by atoms with Crippen molar-refractivity contribution in [3.05, 3.63) is 58.3 Å². The fourth-order valence-corrected chi connectivity index (χ4v) is 2.95. The Kier molecular flexibility index (Phi) is 5.75. The van der Waals surface area contributed by atoms with Gasteiger partial charge in [0.2, 0.25) is 5.91 Å². The smallest absolute Gasteiger partial charge is 0.266 e. The van der Waals surface area contributed by atoms with Crippen molar-refractivity contribution >= 4 is 22.4 Å². The van der Waals surface area contributed by atoms with E-state index in [0.717, 1.165) is 11.3 Å². The quantitative estimate of drug-likeness (QED) is 0.691. The van der Waals surface area contributed by atoms with Gasteiger partial charge in [-0.05, 0) is 24.6 Å². The fraction of sp³-hybridized carbons (Fsp3) is 0.222. The third kappa shape index (κ3) is 4.54. The second-order valence-corrected chi connectivity index (χ2v) is 6.40. The monoisotopic (exact) mass is 370 g/mol. The van der Waals surface area contributed by atoms with E-state index in [-0.39, 0.29) is 17.9 Å². The number of hydrogen-bond acceptors (Lipinski definition) is 6. The number of methoxy groups -OCH3 is 1. The lowest BCUT2D eigenvalue weighted by atomic mass is 10.1. The summed E-state index contributed by atoms with van der Waals surface area (Å²) >= 11 is 1.37. The standard InChI is InChI=1S/C18H18N4O3S/c1-25-14-5-2-4-13(12-14)15-7-8-17(24)22(21-15)10-3-6-16(23)20-18-19-9-11-26-18/h2,4-5,7-9,11-12H,3,6,10H2,1H3,(H,19,20,23). The summed E-state index contributed by atoms with van der Waals surface area (Å²) in [7, 11) is 1.60. The highest BCUT2D eigenvalue weighted by molar-refractivity contribution is 7.13. The molecule has 0 aliphatic rings.